The van der Waals surface area contributed by atoms with Crippen LogP contribution in [0.4, 0.5) is 0 Å². The van der Waals surface area contributed by atoms with Crippen molar-refractivity contribution < 1.29 is 22.7 Å². The van der Waals surface area contributed by atoms with E-state index >= 15 is 0 Å². The van der Waals surface area contributed by atoms with Gasteiger partial charge >= 0.3 is 5.97 Å². The van der Waals surface area contributed by atoms with Crippen LogP contribution in [0.25, 0.3) is 0 Å². The van der Waals surface area contributed by atoms with Gasteiger partial charge in [0.2, 0.25) is 5.91 Å². The van der Waals surface area contributed by atoms with Crippen molar-refractivity contribution in [1.82, 2.24) is 5.32 Å². The van der Waals surface area contributed by atoms with Crippen LogP contribution in [0.15, 0.2) is 0 Å². The van der Waals surface area contributed by atoms with Gasteiger partial charge in [-0.05, 0) is 25.2 Å². The fraction of sp³-hybridized carbons (Fsp3) is 0.818. The monoisotopic (exact) mass is 277 g/mol. The Balaban J connectivity index is 2.55. The fourth-order valence-corrected chi connectivity index (χ4v) is 3.82. The smallest absolute Gasteiger partial charge is 0.306 e. The quantitative estimate of drug-likeness (QED) is 0.655. The predicted octanol–water partition coefficient (Wildman–Crippen LogP) is -0.119. The molecule has 7 heteroatoms. The lowest BCUT2D eigenvalue weighted by atomic mass is 10.1. The van der Waals surface area contributed by atoms with Crippen LogP contribution < -0.4 is 5.32 Å². The number of ether oxygens (including phenoxy) is 1. The van der Waals surface area contributed by atoms with Crippen molar-refractivity contribution in [2.24, 2.45) is 5.41 Å². The van der Waals surface area contributed by atoms with Crippen molar-refractivity contribution in [3.63, 3.8) is 0 Å². The van der Waals surface area contributed by atoms with Crippen LogP contribution in [0.1, 0.15) is 26.2 Å². The summed E-state index contributed by atoms with van der Waals surface area (Å²) in [5, 5.41) is 2.45. The number of hydrogen-bond donors (Lipinski definition) is 1. The molecule has 0 heterocycles. The maximum absolute atomic E-state index is 11.8. The molecule has 1 aliphatic rings. The number of nitrogens with one attached hydrogen (secondary N) is 1. The second-order valence-electron chi connectivity index (χ2n) is 4.74. The van der Waals surface area contributed by atoms with Gasteiger partial charge < -0.3 is 10.1 Å². The second-order valence-corrected chi connectivity index (χ2v) is 6.80. The minimum atomic E-state index is -3.47. The van der Waals surface area contributed by atoms with E-state index in [9.17, 15) is 18.0 Å². The van der Waals surface area contributed by atoms with E-state index < -0.39 is 32.9 Å². The van der Waals surface area contributed by atoms with E-state index in [0.29, 0.717) is 19.4 Å². The highest BCUT2D eigenvalue weighted by Gasteiger charge is 2.48. The highest BCUT2D eigenvalue weighted by Crippen LogP contribution is 2.50. The number of sulfone groups is 1. The summed E-state index contributed by atoms with van der Waals surface area (Å²) in [6.45, 7) is 2.13. The Bertz CT molecular complexity index is 425. The number of methoxy groups -OCH3 is 1. The summed E-state index contributed by atoms with van der Waals surface area (Å²) in [7, 11) is -2.19. The van der Waals surface area contributed by atoms with Gasteiger partial charge in [-0.2, -0.15) is 0 Å². The first-order valence-corrected chi connectivity index (χ1v) is 7.68. The number of amides is 1. The molecule has 6 nitrogen and oxygen atoms in total. The minimum absolute atomic E-state index is 0.109. The summed E-state index contributed by atoms with van der Waals surface area (Å²) in [6.07, 6.45) is 1.49. The minimum Gasteiger partial charge on any atom is -0.469 e. The van der Waals surface area contributed by atoms with E-state index in [2.05, 4.69) is 10.1 Å². The Morgan fingerprint density at radius 2 is 1.94 bits per heavy atom. The molecule has 0 atom stereocenters. The summed E-state index contributed by atoms with van der Waals surface area (Å²) in [5.41, 5.74) is -0.502. The molecule has 1 amide bonds. The molecule has 0 aromatic rings. The van der Waals surface area contributed by atoms with Gasteiger partial charge in [-0.3, -0.25) is 9.59 Å². The van der Waals surface area contributed by atoms with Gasteiger partial charge in [0.05, 0.1) is 19.3 Å². The predicted molar refractivity (Wildman–Crippen MR) is 65.6 cm³/mol. The number of hydrogen-bond acceptors (Lipinski definition) is 5. The number of rotatable bonds is 7. The van der Waals surface area contributed by atoms with Crippen LogP contribution in [-0.4, -0.2) is 45.5 Å². The molecular weight excluding hydrogens is 258 g/mol. The third-order valence-corrected chi connectivity index (χ3v) is 4.71. The van der Waals surface area contributed by atoms with E-state index in [1.165, 1.54) is 7.11 Å². The molecular formula is C11H19NO5S. The summed E-state index contributed by atoms with van der Waals surface area (Å²) in [6, 6.07) is 0. The SMILES string of the molecule is CCNC(=O)CS(=O)(=O)CC1(CC(=O)OC)CC1. The standard InChI is InChI=1S/C11H19NO5S/c1-3-12-9(13)7-18(15,16)8-11(4-5-11)6-10(14)17-2/h3-8H2,1-2H3,(H,12,13). The molecule has 0 saturated heterocycles. The van der Waals surface area contributed by atoms with Gasteiger partial charge in [-0.15, -0.1) is 0 Å². The lowest BCUT2D eigenvalue weighted by molar-refractivity contribution is -0.141. The first-order chi connectivity index (χ1) is 8.32. The van der Waals surface area contributed by atoms with E-state index in [1.54, 1.807) is 6.92 Å². The zero-order chi connectivity index (χ0) is 13.8. The topological polar surface area (TPSA) is 89.5 Å². The van der Waals surface area contributed by atoms with Gasteiger partial charge in [-0.25, -0.2) is 8.42 Å². The van der Waals surface area contributed by atoms with E-state index in [1.807, 2.05) is 0 Å². The van der Waals surface area contributed by atoms with E-state index in [4.69, 9.17) is 0 Å². The molecule has 0 aromatic carbocycles. The fourth-order valence-electron chi connectivity index (χ4n) is 1.89. The molecule has 0 radical (unpaired) electrons. The summed E-state index contributed by atoms with van der Waals surface area (Å²) in [4.78, 5) is 22.4. The average Bonchev–Trinajstić information content (AvgIpc) is 2.95. The Morgan fingerprint density at radius 1 is 1.33 bits per heavy atom. The Labute approximate surface area is 107 Å². The van der Waals surface area contributed by atoms with Gasteiger partial charge in [-0.1, -0.05) is 0 Å². The molecule has 1 saturated carbocycles. The molecule has 104 valence electrons. The van der Waals surface area contributed by atoms with Gasteiger partial charge in [0, 0.05) is 6.54 Å². The molecule has 0 bridgehead atoms. The highest BCUT2D eigenvalue weighted by molar-refractivity contribution is 7.92. The van der Waals surface area contributed by atoms with Crippen LogP contribution >= 0.6 is 0 Å². The largest absolute Gasteiger partial charge is 0.469 e. The van der Waals surface area contributed by atoms with Crippen molar-refractivity contribution in [1.29, 1.82) is 0 Å². The van der Waals surface area contributed by atoms with Crippen molar-refractivity contribution in [3.05, 3.63) is 0 Å². The lowest BCUT2D eigenvalue weighted by Gasteiger charge is -2.13. The summed E-state index contributed by atoms with van der Waals surface area (Å²) >= 11 is 0. The Kier molecular flexibility index (Phi) is 4.72. The van der Waals surface area contributed by atoms with Crippen molar-refractivity contribution in [2.45, 2.75) is 26.2 Å². The Hall–Kier alpha value is -1.11. The second kappa shape index (κ2) is 5.69. The van der Waals surface area contributed by atoms with Crippen LogP contribution in [0.2, 0.25) is 0 Å². The zero-order valence-corrected chi connectivity index (χ0v) is 11.5. The first kappa shape index (κ1) is 14.9. The third-order valence-electron chi connectivity index (χ3n) is 2.96. The van der Waals surface area contributed by atoms with E-state index in [0.717, 1.165) is 0 Å². The molecule has 1 rings (SSSR count). The molecule has 1 N–H and O–H groups in total. The van der Waals surface area contributed by atoms with Crippen molar-refractivity contribution in [3.8, 4) is 0 Å². The molecule has 0 spiro atoms. The molecule has 0 aromatic heterocycles. The molecule has 18 heavy (non-hydrogen) atoms. The number of carbonyl (C=O) groups excluding carboxylic acids is 2. The van der Waals surface area contributed by atoms with Gasteiger partial charge in [0.25, 0.3) is 0 Å². The third kappa shape index (κ3) is 4.64. The van der Waals surface area contributed by atoms with Gasteiger partial charge in [0.1, 0.15) is 5.75 Å². The van der Waals surface area contributed by atoms with E-state index in [-0.39, 0.29) is 12.2 Å². The number of esters is 1. The number of carbonyl (C=O) groups is 2. The maximum atomic E-state index is 11.8. The van der Waals surface area contributed by atoms with Crippen LogP contribution in [-0.2, 0) is 24.2 Å². The normalized spacial score (nSPS) is 17.0. The lowest BCUT2D eigenvalue weighted by Crippen LogP contribution is -2.33. The van der Waals surface area contributed by atoms with Crippen LogP contribution in [0.3, 0.4) is 0 Å². The molecule has 1 aliphatic carbocycles. The van der Waals surface area contributed by atoms with Crippen molar-refractivity contribution >= 4 is 21.7 Å². The van der Waals surface area contributed by atoms with Crippen molar-refractivity contribution in [2.75, 3.05) is 25.2 Å². The van der Waals surface area contributed by atoms with Crippen LogP contribution in [0, 0.1) is 5.41 Å². The average molecular weight is 277 g/mol. The zero-order valence-electron chi connectivity index (χ0n) is 10.7. The van der Waals surface area contributed by atoms with Gasteiger partial charge in [0.15, 0.2) is 9.84 Å². The summed E-state index contributed by atoms with van der Waals surface area (Å²) in [5.74, 6) is -1.53. The molecule has 0 aliphatic heterocycles. The maximum Gasteiger partial charge on any atom is 0.306 e. The first-order valence-electron chi connectivity index (χ1n) is 5.86. The molecule has 1 fully saturated rings. The Morgan fingerprint density at radius 3 is 2.39 bits per heavy atom. The summed E-state index contributed by atoms with van der Waals surface area (Å²) < 4.78 is 28.2. The highest BCUT2D eigenvalue weighted by atomic mass is 32.2. The molecule has 0 unspecified atom stereocenters. The van der Waals surface area contributed by atoms with Crippen LogP contribution in [0.5, 0.6) is 0 Å².